The highest BCUT2D eigenvalue weighted by atomic mass is 19.4. The minimum Gasteiger partial charge on any atom is -0.326 e. The Morgan fingerprint density at radius 1 is 1.09 bits per heavy atom. The van der Waals surface area contributed by atoms with Gasteiger partial charge in [0.2, 0.25) is 0 Å². The molecule has 3 nitrogen and oxygen atoms in total. The zero-order valence-corrected chi connectivity index (χ0v) is 11.6. The summed E-state index contributed by atoms with van der Waals surface area (Å²) in [5, 5.41) is 0. The molecule has 2 N–H and O–H groups in total. The summed E-state index contributed by atoms with van der Waals surface area (Å²) in [7, 11) is 0. The molecule has 3 rings (SSSR count). The van der Waals surface area contributed by atoms with Crippen molar-refractivity contribution < 1.29 is 13.2 Å². The first-order valence-electron chi connectivity index (χ1n) is 6.78. The largest absolute Gasteiger partial charge is 0.416 e. The van der Waals surface area contributed by atoms with Gasteiger partial charge in [0.05, 0.1) is 11.3 Å². The van der Waals surface area contributed by atoms with Crippen LogP contribution in [0.15, 0.2) is 48.8 Å². The monoisotopic (exact) mass is 305 g/mol. The van der Waals surface area contributed by atoms with E-state index in [0.717, 1.165) is 23.3 Å². The van der Waals surface area contributed by atoms with Gasteiger partial charge in [-0.15, -0.1) is 0 Å². The third-order valence-corrected chi connectivity index (χ3v) is 3.45. The van der Waals surface area contributed by atoms with Crippen LogP contribution in [0, 0.1) is 0 Å². The average Bonchev–Trinajstić information content (AvgIpc) is 2.87. The second kappa shape index (κ2) is 5.46. The lowest BCUT2D eigenvalue weighted by atomic mass is 10.1. The topological polar surface area (TPSA) is 43.3 Å². The van der Waals surface area contributed by atoms with Crippen LogP contribution >= 0.6 is 0 Å². The summed E-state index contributed by atoms with van der Waals surface area (Å²) >= 11 is 0. The van der Waals surface area contributed by atoms with E-state index in [4.69, 9.17) is 5.73 Å². The minimum atomic E-state index is -4.33. The van der Waals surface area contributed by atoms with E-state index in [0.29, 0.717) is 24.2 Å². The molecule has 0 bridgehead atoms. The van der Waals surface area contributed by atoms with Gasteiger partial charge in [0.25, 0.3) is 0 Å². The molecule has 0 unspecified atom stereocenters. The smallest absolute Gasteiger partial charge is 0.326 e. The Balaban J connectivity index is 1.90. The number of fused-ring (bicyclic) bond motifs is 1. The number of imidazole rings is 1. The first-order chi connectivity index (χ1) is 10.5. The zero-order valence-electron chi connectivity index (χ0n) is 11.6. The number of nitrogens with zero attached hydrogens (tertiary/aromatic N) is 2. The van der Waals surface area contributed by atoms with Crippen molar-refractivity contribution in [1.82, 2.24) is 9.38 Å². The molecule has 0 spiro atoms. The lowest BCUT2D eigenvalue weighted by molar-refractivity contribution is -0.137. The van der Waals surface area contributed by atoms with Crippen LogP contribution in [0.2, 0.25) is 0 Å². The molecule has 3 aromatic rings. The maximum absolute atomic E-state index is 12.7. The molecule has 6 heteroatoms. The number of halogens is 3. The summed E-state index contributed by atoms with van der Waals surface area (Å²) in [4.78, 5) is 4.43. The number of nitrogens with two attached hydrogens (primary N) is 1. The Kier molecular flexibility index (Phi) is 3.62. The third-order valence-electron chi connectivity index (χ3n) is 3.45. The van der Waals surface area contributed by atoms with E-state index in [1.54, 1.807) is 6.07 Å². The molecule has 2 heterocycles. The van der Waals surface area contributed by atoms with Crippen molar-refractivity contribution in [3.05, 3.63) is 71.2 Å². The SMILES string of the molecule is NCc1ccn2cc(Cc3cccc(C(F)(F)F)c3)nc2c1. The third kappa shape index (κ3) is 2.96. The van der Waals surface area contributed by atoms with E-state index in [1.807, 2.05) is 28.9 Å². The van der Waals surface area contributed by atoms with Gasteiger partial charge in [-0.3, -0.25) is 0 Å². The molecule has 0 amide bonds. The Morgan fingerprint density at radius 3 is 2.64 bits per heavy atom. The molecule has 114 valence electrons. The molecule has 22 heavy (non-hydrogen) atoms. The Morgan fingerprint density at radius 2 is 1.91 bits per heavy atom. The lowest BCUT2D eigenvalue weighted by Gasteiger charge is -2.07. The van der Waals surface area contributed by atoms with Crippen LogP contribution in [0.1, 0.15) is 22.4 Å². The van der Waals surface area contributed by atoms with Gasteiger partial charge in [-0.25, -0.2) is 4.98 Å². The Labute approximate surface area is 125 Å². The number of alkyl halides is 3. The summed E-state index contributed by atoms with van der Waals surface area (Å²) < 4.78 is 40.0. The maximum atomic E-state index is 12.7. The highest BCUT2D eigenvalue weighted by Gasteiger charge is 2.30. The van der Waals surface area contributed by atoms with Gasteiger partial charge in [0, 0.05) is 25.4 Å². The highest BCUT2D eigenvalue weighted by Crippen LogP contribution is 2.29. The van der Waals surface area contributed by atoms with Crippen LogP contribution in [0.25, 0.3) is 5.65 Å². The van der Waals surface area contributed by atoms with Crippen LogP contribution < -0.4 is 5.73 Å². The van der Waals surface area contributed by atoms with Gasteiger partial charge < -0.3 is 10.1 Å². The van der Waals surface area contributed by atoms with Crippen molar-refractivity contribution in [2.75, 3.05) is 0 Å². The molecule has 0 fully saturated rings. The zero-order chi connectivity index (χ0) is 15.7. The molecule has 1 aromatic carbocycles. The van der Waals surface area contributed by atoms with E-state index in [1.165, 1.54) is 6.07 Å². The van der Waals surface area contributed by atoms with Crippen molar-refractivity contribution >= 4 is 5.65 Å². The van der Waals surface area contributed by atoms with Crippen molar-refractivity contribution in [2.45, 2.75) is 19.1 Å². The predicted octanol–water partition coefficient (Wildman–Crippen LogP) is 3.40. The van der Waals surface area contributed by atoms with Crippen molar-refractivity contribution in [3.63, 3.8) is 0 Å². The highest BCUT2D eigenvalue weighted by molar-refractivity contribution is 5.43. The molecule has 0 aliphatic rings. The molecule has 0 radical (unpaired) electrons. The van der Waals surface area contributed by atoms with Crippen LogP contribution in [-0.4, -0.2) is 9.38 Å². The number of hydrogen-bond donors (Lipinski definition) is 1. The van der Waals surface area contributed by atoms with Gasteiger partial charge >= 0.3 is 6.18 Å². The summed E-state index contributed by atoms with van der Waals surface area (Å²) in [6.45, 7) is 0.423. The first-order valence-corrected chi connectivity index (χ1v) is 6.78. The molecule has 0 atom stereocenters. The fourth-order valence-electron chi connectivity index (χ4n) is 2.36. The molecule has 0 saturated carbocycles. The Hall–Kier alpha value is -2.34. The number of rotatable bonds is 3. The second-order valence-corrected chi connectivity index (χ2v) is 5.11. The van der Waals surface area contributed by atoms with Gasteiger partial charge in [-0.05, 0) is 29.3 Å². The number of aromatic nitrogens is 2. The quantitative estimate of drug-likeness (QED) is 0.806. The Bertz CT molecular complexity index is 806. The van der Waals surface area contributed by atoms with Gasteiger partial charge in [0.15, 0.2) is 0 Å². The van der Waals surface area contributed by atoms with E-state index in [-0.39, 0.29) is 0 Å². The summed E-state index contributed by atoms with van der Waals surface area (Å²) in [6.07, 6.45) is -0.315. The molecule has 0 aliphatic heterocycles. The fraction of sp³-hybridized carbons (Fsp3) is 0.188. The first kappa shape index (κ1) is 14.6. The van der Waals surface area contributed by atoms with Crippen LogP contribution in [0.3, 0.4) is 0 Å². The summed E-state index contributed by atoms with van der Waals surface area (Å²) in [5.41, 5.74) is 7.94. The number of hydrogen-bond acceptors (Lipinski definition) is 2. The lowest BCUT2D eigenvalue weighted by Crippen LogP contribution is -2.05. The van der Waals surface area contributed by atoms with Crippen molar-refractivity contribution in [2.24, 2.45) is 5.73 Å². The standard InChI is InChI=1S/C16H14F3N3/c17-16(18,19)13-3-1-2-11(6-13)7-14-10-22-5-4-12(9-20)8-15(22)21-14/h1-6,8,10H,7,9,20H2. The molecule has 0 aliphatic carbocycles. The maximum Gasteiger partial charge on any atom is 0.416 e. The summed E-state index contributed by atoms with van der Waals surface area (Å²) in [5.74, 6) is 0. The van der Waals surface area contributed by atoms with Crippen molar-refractivity contribution in [3.8, 4) is 0 Å². The second-order valence-electron chi connectivity index (χ2n) is 5.11. The van der Waals surface area contributed by atoms with Gasteiger partial charge in [-0.2, -0.15) is 13.2 Å². The van der Waals surface area contributed by atoms with Crippen LogP contribution in [0.5, 0.6) is 0 Å². The normalized spacial score (nSPS) is 12.0. The fourth-order valence-corrected chi connectivity index (χ4v) is 2.36. The molecule has 2 aromatic heterocycles. The number of benzene rings is 1. The van der Waals surface area contributed by atoms with E-state index in [2.05, 4.69) is 4.98 Å². The van der Waals surface area contributed by atoms with Crippen LogP contribution in [-0.2, 0) is 19.1 Å². The van der Waals surface area contributed by atoms with Gasteiger partial charge in [-0.1, -0.05) is 18.2 Å². The summed E-state index contributed by atoms with van der Waals surface area (Å²) in [6, 6.07) is 9.08. The van der Waals surface area contributed by atoms with Gasteiger partial charge in [0.1, 0.15) is 5.65 Å². The minimum absolute atomic E-state index is 0.351. The average molecular weight is 305 g/mol. The van der Waals surface area contributed by atoms with Crippen LogP contribution in [0.4, 0.5) is 13.2 Å². The number of pyridine rings is 1. The molecule has 0 saturated heterocycles. The van der Waals surface area contributed by atoms with Crippen molar-refractivity contribution in [1.29, 1.82) is 0 Å². The van der Waals surface area contributed by atoms with E-state index >= 15 is 0 Å². The molecular weight excluding hydrogens is 291 g/mol. The molecular formula is C16H14F3N3. The van der Waals surface area contributed by atoms with E-state index in [9.17, 15) is 13.2 Å². The predicted molar refractivity (Wildman–Crippen MR) is 77.3 cm³/mol. The van der Waals surface area contributed by atoms with E-state index < -0.39 is 11.7 Å².